The second-order valence-corrected chi connectivity index (χ2v) is 7.53. The minimum atomic E-state index is -0.442. The van der Waals surface area contributed by atoms with Crippen LogP contribution in [0.5, 0.6) is 5.75 Å². The molecule has 0 unspecified atom stereocenters. The molecular formula is C25H21ClN2O3. The van der Waals surface area contributed by atoms with Gasteiger partial charge in [-0.05, 0) is 55.8 Å². The highest BCUT2D eigenvalue weighted by Gasteiger charge is 2.41. The van der Waals surface area contributed by atoms with Crippen molar-refractivity contribution in [1.29, 1.82) is 0 Å². The third kappa shape index (κ3) is 4.05. The Balaban J connectivity index is 1.82. The summed E-state index contributed by atoms with van der Waals surface area (Å²) in [4.78, 5) is 28.2. The van der Waals surface area contributed by atoms with Crippen LogP contribution >= 0.6 is 11.6 Å². The van der Waals surface area contributed by atoms with E-state index in [-0.39, 0.29) is 11.3 Å². The summed E-state index contributed by atoms with van der Waals surface area (Å²) in [5, 5.41) is 3.71. The number of nitrogens with zero attached hydrogens (tertiary/aromatic N) is 1. The van der Waals surface area contributed by atoms with Crippen LogP contribution in [-0.2, 0) is 9.59 Å². The predicted octanol–water partition coefficient (Wildman–Crippen LogP) is 5.44. The minimum absolute atomic E-state index is 0.211. The van der Waals surface area contributed by atoms with Crippen molar-refractivity contribution < 1.29 is 14.3 Å². The molecule has 4 rings (SSSR count). The number of halogens is 1. The van der Waals surface area contributed by atoms with Crippen molar-refractivity contribution in [3.05, 3.63) is 94.6 Å². The Morgan fingerprint density at radius 3 is 2.26 bits per heavy atom. The smallest absolute Gasteiger partial charge is 0.282 e. The van der Waals surface area contributed by atoms with Crippen molar-refractivity contribution in [2.45, 2.75) is 13.8 Å². The van der Waals surface area contributed by atoms with Crippen LogP contribution < -0.4 is 15.0 Å². The van der Waals surface area contributed by atoms with Gasteiger partial charge in [0.1, 0.15) is 11.4 Å². The largest absolute Gasteiger partial charge is 0.492 e. The Morgan fingerprint density at radius 1 is 0.903 bits per heavy atom. The van der Waals surface area contributed by atoms with Gasteiger partial charge in [0.05, 0.1) is 17.9 Å². The van der Waals surface area contributed by atoms with Gasteiger partial charge in [0.15, 0.2) is 0 Å². The quantitative estimate of drug-likeness (QED) is 0.526. The van der Waals surface area contributed by atoms with Gasteiger partial charge in [-0.15, -0.1) is 0 Å². The lowest BCUT2D eigenvalue weighted by Crippen LogP contribution is -2.32. The summed E-state index contributed by atoms with van der Waals surface area (Å²) >= 11 is 6.03. The maximum atomic E-state index is 13.5. The van der Waals surface area contributed by atoms with E-state index in [9.17, 15) is 9.59 Å². The highest BCUT2D eigenvalue weighted by atomic mass is 35.5. The Hall–Kier alpha value is -3.57. The zero-order valence-corrected chi connectivity index (χ0v) is 17.9. The van der Waals surface area contributed by atoms with Crippen molar-refractivity contribution in [1.82, 2.24) is 0 Å². The second-order valence-electron chi connectivity index (χ2n) is 7.09. The summed E-state index contributed by atoms with van der Waals surface area (Å²) in [6, 6.07) is 21.5. The van der Waals surface area contributed by atoms with Crippen LogP contribution in [0.15, 0.2) is 78.5 Å². The van der Waals surface area contributed by atoms with Gasteiger partial charge in [0.2, 0.25) is 0 Å². The number of benzene rings is 3. The van der Waals surface area contributed by atoms with E-state index in [1.54, 1.807) is 48.5 Å². The molecule has 0 saturated heterocycles. The highest BCUT2D eigenvalue weighted by molar-refractivity contribution is 6.46. The third-order valence-corrected chi connectivity index (χ3v) is 5.20. The number of para-hydroxylation sites is 2. The van der Waals surface area contributed by atoms with Crippen LogP contribution in [0.3, 0.4) is 0 Å². The molecular weight excluding hydrogens is 412 g/mol. The van der Waals surface area contributed by atoms with Crippen LogP contribution in [0, 0.1) is 6.92 Å². The van der Waals surface area contributed by atoms with Crippen LogP contribution in [0.2, 0.25) is 5.02 Å². The van der Waals surface area contributed by atoms with E-state index in [4.69, 9.17) is 16.3 Å². The molecule has 0 bridgehead atoms. The molecule has 1 aliphatic rings. The van der Waals surface area contributed by atoms with Crippen LogP contribution in [0.25, 0.3) is 5.57 Å². The Kier molecular flexibility index (Phi) is 5.78. The number of nitrogens with one attached hydrogen (secondary N) is 1. The van der Waals surface area contributed by atoms with Gasteiger partial charge in [0, 0.05) is 10.7 Å². The molecule has 31 heavy (non-hydrogen) atoms. The van der Waals surface area contributed by atoms with Crippen molar-refractivity contribution in [2.75, 3.05) is 16.8 Å². The topological polar surface area (TPSA) is 58.6 Å². The predicted molar refractivity (Wildman–Crippen MR) is 123 cm³/mol. The van der Waals surface area contributed by atoms with Crippen LogP contribution in [-0.4, -0.2) is 18.4 Å². The molecule has 1 N–H and O–H groups in total. The maximum Gasteiger partial charge on any atom is 0.282 e. The summed E-state index contributed by atoms with van der Waals surface area (Å²) in [5.41, 5.74) is 3.32. The van der Waals surface area contributed by atoms with Crippen molar-refractivity contribution in [3.8, 4) is 5.75 Å². The number of imide groups is 1. The zero-order valence-electron chi connectivity index (χ0n) is 17.2. The third-order valence-electron chi connectivity index (χ3n) is 4.94. The van der Waals surface area contributed by atoms with E-state index in [0.29, 0.717) is 34.3 Å². The Morgan fingerprint density at radius 2 is 1.58 bits per heavy atom. The van der Waals surface area contributed by atoms with Gasteiger partial charge in [-0.1, -0.05) is 53.6 Å². The number of anilines is 2. The molecule has 6 heteroatoms. The fourth-order valence-electron chi connectivity index (χ4n) is 3.45. The zero-order chi connectivity index (χ0) is 22.0. The molecule has 0 fully saturated rings. The van der Waals surface area contributed by atoms with E-state index in [0.717, 1.165) is 10.5 Å². The molecule has 3 aromatic carbocycles. The Bertz CT molecular complexity index is 1170. The molecule has 5 nitrogen and oxygen atoms in total. The number of rotatable bonds is 6. The average molecular weight is 433 g/mol. The SMILES string of the molecule is CCOc1ccccc1N1C(=O)C(Nc2ccc(C)cc2)=C(c2ccc(Cl)cc2)C1=O. The molecule has 0 aromatic heterocycles. The summed E-state index contributed by atoms with van der Waals surface area (Å²) in [6.45, 7) is 4.25. The van der Waals surface area contributed by atoms with Crippen molar-refractivity contribution in [3.63, 3.8) is 0 Å². The summed E-state index contributed by atoms with van der Waals surface area (Å²) in [6.07, 6.45) is 0. The summed E-state index contributed by atoms with van der Waals surface area (Å²) in [7, 11) is 0. The molecule has 0 spiro atoms. The molecule has 1 heterocycles. The van der Waals surface area contributed by atoms with Crippen LogP contribution in [0.1, 0.15) is 18.1 Å². The van der Waals surface area contributed by atoms with E-state index >= 15 is 0 Å². The fraction of sp³-hybridized carbons (Fsp3) is 0.120. The number of hydrogen-bond acceptors (Lipinski definition) is 4. The average Bonchev–Trinajstić information content (AvgIpc) is 3.01. The molecule has 3 aromatic rings. The molecule has 2 amide bonds. The lowest BCUT2D eigenvalue weighted by Gasteiger charge is -2.19. The number of amides is 2. The number of carbonyl (C=O) groups is 2. The first-order valence-corrected chi connectivity index (χ1v) is 10.3. The molecule has 1 aliphatic heterocycles. The number of carbonyl (C=O) groups excluding carboxylic acids is 2. The van der Waals surface area contributed by atoms with E-state index in [1.165, 1.54) is 0 Å². The van der Waals surface area contributed by atoms with Gasteiger partial charge >= 0.3 is 0 Å². The van der Waals surface area contributed by atoms with Crippen molar-refractivity contribution >= 4 is 40.4 Å². The molecule has 0 atom stereocenters. The van der Waals surface area contributed by atoms with Gasteiger partial charge in [-0.25, -0.2) is 4.90 Å². The van der Waals surface area contributed by atoms with E-state index < -0.39 is 11.8 Å². The first-order chi connectivity index (χ1) is 15.0. The fourth-order valence-corrected chi connectivity index (χ4v) is 3.58. The van der Waals surface area contributed by atoms with Gasteiger partial charge in [-0.3, -0.25) is 9.59 Å². The Labute approximate surface area is 185 Å². The monoisotopic (exact) mass is 432 g/mol. The summed E-state index contributed by atoms with van der Waals surface area (Å²) < 4.78 is 5.67. The minimum Gasteiger partial charge on any atom is -0.492 e. The summed E-state index contributed by atoms with van der Waals surface area (Å²) in [5.74, 6) is -0.393. The van der Waals surface area contributed by atoms with Crippen LogP contribution in [0.4, 0.5) is 11.4 Å². The lowest BCUT2D eigenvalue weighted by molar-refractivity contribution is -0.120. The van der Waals surface area contributed by atoms with E-state index in [2.05, 4.69) is 5.32 Å². The normalized spacial score (nSPS) is 13.7. The molecule has 0 radical (unpaired) electrons. The highest BCUT2D eigenvalue weighted by Crippen LogP contribution is 2.38. The molecule has 0 saturated carbocycles. The standard InChI is InChI=1S/C25H21ClN2O3/c1-3-31-21-7-5-4-6-20(21)28-24(29)22(17-10-12-18(26)13-11-17)23(25(28)30)27-19-14-8-16(2)9-15-19/h4-15,27H,3H2,1-2H3. The number of hydrogen-bond donors (Lipinski definition) is 1. The van der Waals surface area contributed by atoms with Gasteiger partial charge in [-0.2, -0.15) is 0 Å². The first-order valence-electron chi connectivity index (χ1n) is 9.94. The number of ether oxygens (including phenoxy) is 1. The lowest BCUT2D eigenvalue weighted by atomic mass is 10.0. The van der Waals surface area contributed by atoms with E-state index in [1.807, 2.05) is 38.1 Å². The number of aryl methyl sites for hydroxylation is 1. The first kappa shape index (κ1) is 20.7. The van der Waals surface area contributed by atoms with Crippen molar-refractivity contribution in [2.24, 2.45) is 0 Å². The molecule has 0 aliphatic carbocycles. The van der Waals surface area contributed by atoms with Gasteiger partial charge < -0.3 is 10.1 Å². The second kappa shape index (κ2) is 8.66. The van der Waals surface area contributed by atoms with Gasteiger partial charge in [0.25, 0.3) is 11.8 Å². The molecule has 156 valence electrons. The maximum absolute atomic E-state index is 13.5.